The average Bonchev–Trinajstić information content (AvgIpc) is 3.33. The number of nitrogens with zero attached hydrogens (tertiary/aromatic N) is 2. The molecule has 0 unspecified atom stereocenters. The first kappa shape index (κ1) is 17.1. The number of amides is 1. The van der Waals surface area contributed by atoms with E-state index in [9.17, 15) is 13.2 Å². The second-order valence-corrected chi connectivity index (χ2v) is 8.94. The van der Waals surface area contributed by atoms with E-state index in [1.54, 1.807) is 11.6 Å². The van der Waals surface area contributed by atoms with Crippen LogP contribution in [0.3, 0.4) is 0 Å². The number of anilines is 1. The quantitative estimate of drug-likeness (QED) is 0.895. The Hall–Kier alpha value is -2.28. The number of rotatable bonds is 4. The summed E-state index contributed by atoms with van der Waals surface area (Å²) in [6, 6.07) is 9.23. The molecule has 1 saturated carbocycles. The van der Waals surface area contributed by atoms with Gasteiger partial charge in [0.05, 0.1) is 5.69 Å². The third-order valence-electron chi connectivity index (χ3n) is 5.34. The van der Waals surface area contributed by atoms with Crippen molar-refractivity contribution in [3.63, 3.8) is 0 Å². The van der Waals surface area contributed by atoms with E-state index in [1.165, 1.54) is 16.6 Å². The van der Waals surface area contributed by atoms with E-state index in [0.717, 1.165) is 36.9 Å². The summed E-state index contributed by atoms with van der Waals surface area (Å²) in [5.74, 6) is -0.206. The second kappa shape index (κ2) is 6.46. The minimum Gasteiger partial charge on any atom is -0.348 e. The van der Waals surface area contributed by atoms with Gasteiger partial charge in [-0.15, -0.1) is 0 Å². The van der Waals surface area contributed by atoms with Crippen LogP contribution >= 0.6 is 0 Å². The Labute approximate surface area is 153 Å². The third kappa shape index (κ3) is 2.90. The molecule has 1 aromatic carbocycles. The molecule has 0 atom stereocenters. The number of hydrogen-bond donors (Lipinski definition) is 1. The van der Waals surface area contributed by atoms with Gasteiger partial charge in [-0.2, -0.15) is 0 Å². The number of sulfonamides is 1. The number of aryl methyl sites for hydroxylation is 1. The Morgan fingerprint density at radius 1 is 1.19 bits per heavy atom. The molecule has 1 amide bonds. The molecule has 0 bridgehead atoms. The molecule has 6 nitrogen and oxygen atoms in total. The zero-order chi connectivity index (χ0) is 18.3. The van der Waals surface area contributed by atoms with Crippen molar-refractivity contribution in [1.29, 1.82) is 0 Å². The molecule has 138 valence electrons. The van der Waals surface area contributed by atoms with Crippen LogP contribution < -0.4 is 9.62 Å². The van der Waals surface area contributed by atoms with Gasteiger partial charge in [-0.25, -0.2) is 8.42 Å². The number of hydrogen-bond acceptors (Lipinski definition) is 3. The van der Waals surface area contributed by atoms with Crippen LogP contribution in [0.1, 0.15) is 41.7 Å². The lowest BCUT2D eigenvalue weighted by Crippen LogP contribution is -2.33. The molecule has 7 heteroatoms. The van der Waals surface area contributed by atoms with Crippen molar-refractivity contribution in [3.8, 4) is 0 Å². The van der Waals surface area contributed by atoms with E-state index < -0.39 is 10.0 Å². The van der Waals surface area contributed by atoms with Crippen LogP contribution in [-0.4, -0.2) is 31.5 Å². The number of carbonyl (C=O) groups is 1. The fraction of sp³-hybridized carbons (Fsp3) is 0.421. The van der Waals surface area contributed by atoms with Gasteiger partial charge in [-0.05, 0) is 37.0 Å². The van der Waals surface area contributed by atoms with E-state index in [2.05, 4.69) is 5.32 Å². The highest BCUT2D eigenvalue weighted by Crippen LogP contribution is 2.33. The van der Waals surface area contributed by atoms with E-state index in [-0.39, 0.29) is 16.8 Å². The number of aromatic nitrogens is 1. The summed E-state index contributed by atoms with van der Waals surface area (Å²) in [4.78, 5) is 12.7. The maximum atomic E-state index is 13.1. The number of para-hydroxylation sites is 1. The van der Waals surface area contributed by atoms with Gasteiger partial charge in [0.1, 0.15) is 10.6 Å². The lowest BCUT2D eigenvalue weighted by Gasteiger charge is -2.18. The van der Waals surface area contributed by atoms with Gasteiger partial charge in [0.15, 0.2) is 0 Å². The highest BCUT2D eigenvalue weighted by molar-refractivity contribution is 7.92. The van der Waals surface area contributed by atoms with Crippen LogP contribution in [0, 0.1) is 0 Å². The lowest BCUT2D eigenvalue weighted by atomic mass is 10.2. The number of nitrogens with one attached hydrogen (secondary N) is 1. The van der Waals surface area contributed by atoms with Gasteiger partial charge in [0.25, 0.3) is 15.9 Å². The fourth-order valence-electron chi connectivity index (χ4n) is 3.92. The molecule has 4 rings (SSSR count). The van der Waals surface area contributed by atoms with Gasteiger partial charge in [0, 0.05) is 25.8 Å². The lowest BCUT2D eigenvalue weighted by molar-refractivity contribution is 0.0929. The summed E-state index contributed by atoms with van der Waals surface area (Å²) < 4.78 is 29.3. The molecule has 1 aliphatic carbocycles. The zero-order valence-corrected chi connectivity index (χ0v) is 15.6. The first-order valence-corrected chi connectivity index (χ1v) is 10.5. The normalized spacial score (nSPS) is 17.5. The molecule has 0 radical (unpaired) electrons. The topological polar surface area (TPSA) is 71.4 Å². The predicted molar refractivity (Wildman–Crippen MR) is 99.8 cm³/mol. The SMILES string of the molecule is Cn1cc(S(=O)(=O)N2CCc3ccccc32)cc1C(=O)NC1CCCC1. The van der Waals surface area contributed by atoms with Crippen molar-refractivity contribution in [1.82, 2.24) is 9.88 Å². The molecule has 2 aromatic rings. The van der Waals surface area contributed by atoms with E-state index in [1.807, 2.05) is 24.3 Å². The summed E-state index contributed by atoms with van der Waals surface area (Å²) in [6.45, 7) is 0.431. The smallest absolute Gasteiger partial charge is 0.268 e. The maximum absolute atomic E-state index is 13.1. The zero-order valence-electron chi connectivity index (χ0n) is 14.8. The van der Waals surface area contributed by atoms with Gasteiger partial charge in [-0.3, -0.25) is 9.10 Å². The minimum absolute atomic E-state index is 0.160. The Bertz CT molecular complexity index is 943. The molecule has 2 heterocycles. The monoisotopic (exact) mass is 373 g/mol. The molecule has 1 aromatic heterocycles. The molecule has 2 aliphatic rings. The predicted octanol–water partition coefficient (Wildman–Crippen LogP) is 2.45. The molecule has 0 spiro atoms. The van der Waals surface area contributed by atoms with Gasteiger partial charge in [0.2, 0.25) is 0 Å². The summed E-state index contributed by atoms with van der Waals surface area (Å²) in [5.41, 5.74) is 2.14. The first-order valence-electron chi connectivity index (χ1n) is 9.05. The Kier molecular flexibility index (Phi) is 4.26. The van der Waals surface area contributed by atoms with E-state index in [0.29, 0.717) is 18.7 Å². The number of fused-ring (bicyclic) bond motifs is 1. The first-order chi connectivity index (χ1) is 12.5. The van der Waals surface area contributed by atoms with Crippen LogP contribution in [0.2, 0.25) is 0 Å². The van der Waals surface area contributed by atoms with Crippen molar-refractivity contribution >= 4 is 21.6 Å². The van der Waals surface area contributed by atoms with Crippen molar-refractivity contribution in [2.24, 2.45) is 7.05 Å². The molecular formula is C19H23N3O3S. The van der Waals surface area contributed by atoms with Crippen molar-refractivity contribution in [2.45, 2.75) is 43.0 Å². The Morgan fingerprint density at radius 2 is 1.92 bits per heavy atom. The highest BCUT2D eigenvalue weighted by atomic mass is 32.2. The van der Waals surface area contributed by atoms with Crippen LogP contribution in [-0.2, 0) is 23.5 Å². The highest BCUT2D eigenvalue weighted by Gasteiger charge is 2.32. The van der Waals surface area contributed by atoms with Crippen molar-refractivity contribution in [3.05, 3.63) is 47.8 Å². The van der Waals surface area contributed by atoms with Crippen LogP contribution in [0.15, 0.2) is 41.4 Å². The molecule has 1 fully saturated rings. The number of carbonyl (C=O) groups excluding carboxylic acids is 1. The summed E-state index contributed by atoms with van der Waals surface area (Å²) >= 11 is 0. The van der Waals surface area contributed by atoms with E-state index in [4.69, 9.17) is 0 Å². The summed E-state index contributed by atoms with van der Waals surface area (Å²) in [7, 11) is -1.97. The van der Waals surface area contributed by atoms with Gasteiger partial charge in [-0.1, -0.05) is 31.0 Å². The summed E-state index contributed by atoms with van der Waals surface area (Å²) in [6.07, 6.45) is 6.48. The van der Waals surface area contributed by atoms with Crippen LogP contribution in [0.5, 0.6) is 0 Å². The molecule has 1 N–H and O–H groups in total. The minimum atomic E-state index is -3.68. The van der Waals surface area contributed by atoms with Crippen molar-refractivity contribution < 1.29 is 13.2 Å². The second-order valence-electron chi connectivity index (χ2n) is 7.08. The molecule has 26 heavy (non-hydrogen) atoms. The molecule has 0 saturated heterocycles. The van der Waals surface area contributed by atoms with Crippen molar-refractivity contribution in [2.75, 3.05) is 10.8 Å². The molecular weight excluding hydrogens is 350 g/mol. The van der Waals surface area contributed by atoms with E-state index >= 15 is 0 Å². The average molecular weight is 373 g/mol. The number of benzene rings is 1. The van der Waals surface area contributed by atoms with Gasteiger partial charge < -0.3 is 9.88 Å². The van der Waals surface area contributed by atoms with Crippen LogP contribution in [0.25, 0.3) is 0 Å². The maximum Gasteiger partial charge on any atom is 0.268 e. The largest absolute Gasteiger partial charge is 0.348 e. The molecule has 1 aliphatic heterocycles. The standard InChI is InChI=1S/C19H23N3O3S/c1-21-13-16(12-18(21)19(23)20-15-7-3-4-8-15)26(24,25)22-11-10-14-6-2-5-9-17(14)22/h2,5-6,9,12-13,15H,3-4,7-8,10-11H2,1H3,(H,20,23). The Morgan fingerprint density at radius 3 is 2.69 bits per heavy atom. The van der Waals surface area contributed by atoms with Gasteiger partial charge >= 0.3 is 0 Å². The van der Waals surface area contributed by atoms with Crippen LogP contribution in [0.4, 0.5) is 5.69 Å². The summed E-state index contributed by atoms with van der Waals surface area (Å²) in [5, 5.41) is 3.02. The third-order valence-corrected chi connectivity index (χ3v) is 7.11. The Balaban J connectivity index is 1.61. The fourth-order valence-corrected chi connectivity index (χ4v) is 5.49.